The first kappa shape index (κ1) is 26.9. The molecule has 1 fully saturated rings. The van der Waals surface area contributed by atoms with Crippen molar-refractivity contribution in [3.8, 4) is 0 Å². The van der Waals surface area contributed by atoms with Crippen LogP contribution in [0.3, 0.4) is 0 Å². The van der Waals surface area contributed by atoms with Crippen molar-refractivity contribution in [3.63, 3.8) is 0 Å². The van der Waals surface area contributed by atoms with Gasteiger partial charge in [0, 0.05) is 12.8 Å². The molecule has 1 aromatic heterocycles. The maximum absolute atomic E-state index is 13.0. The van der Waals surface area contributed by atoms with Crippen LogP contribution in [0.1, 0.15) is 65.2 Å². The lowest BCUT2D eigenvalue weighted by atomic mass is 9.82. The number of cyclic esters (lactones) is 1. The summed E-state index contributed by atoms with van der Waals surface area (Å²) in [6.45, 7) is 3.31. The highest BCUT2D eigenvalue weighted by atomic mass is 16.6. The summed E-state index contributed by atoms with van der Waals surface area (Å²) in [5, 5.41) is 11.1. The molecule has 0 radical (unpaired) electrons. The molecule has 10 nitrogen and oxygen atoms in total. The Hall–Kier alpha value is -3.66. The van der Waals surface area contributed by atoms with Crippen LogP contribution in [0.5, 0.6) is 0 Å². The van der Waals surface area contributed by atoms with Crippen molar-refractivity contribution >= 4 is 23.9 Å². The van der Waals surface area contributed by atoms with E-state index < -0.39 is 41.5 Å². The zero-order valence-electron chi connectivity index (χ0n) is 20.8. The Labute approximate surface area is 208 Å². The van der Waals surface area contributed by atoms with Gasteiger partial charge in [-0.25, -0.2) is 4.79 Å². The first-order valence-electron chi connectivity index (χ1n) is 11.5. The van der Waals surface area contributed by atoms with E-state index in [1.807, 2.05) is 30.3 Å². The molecule has 0 spiro atoms. The highest BCUT2D eigenvalue weighted by molar-refractivity contribution is 5.90. The van der Waals surface area contributed by atoms with Crippen LogP contribution in [0.2, 0.25) is 0 Å². The molecule has 0 unspecified atom stereocenters. The Morgan fingerprint density at radius 3 is 2.47 bits per heavy atom. The van der Waals surface area contributed by atoms with Gasteiger partial charge in [-0.2, -0.15) is 0 Å². The van der Waals surface area contributed by atoms with Gasteiger partial charge in [0.2, 0.25) is 0 Å². The number of H-pyrrole nitrogens is 1. The minimum atomic E-state index is -1.30. The van der Waals surface area contributed by atoms with E-state index in [1.165, 1.54) is 14.2 Å². The van der Waals surface area contributed by atoms with Crippen LogP contribution in [0.15, 0.2) is 30.3 Å². The van der Waals surface area contributed by atoms with Gasteiger partial charge in [-0.15, -0.1) is 0 Å². The van der Waals surface area contributed by atoms with E-state index in [0.29, 0.717) is 11.1 Å². The summed E-state index contributed by atoms with van der Waals surface area (Å²) >= 11 is 0. The van der Waals surface area contributed by atoms with E-state index in [4.69, 9.17) is 14.2 Å². The monoisotopic (exact) mass is 501 g/mol. The van der Waals surface area contributed by atoms with Crippen molar-refractivity contribution < 1.29 is 43.2 Å². The summed E-state index contributed by atoms with van der Waals surface area (Å²) in [7, 11) is 2.51. The molecule has 2 N–H and O–H groups in total. The number of carbonyl (C=O) groups is 4. The van der Waals surface area contributed by atoms with Gasteiger partial charge in [0.25, 0.3) is 0 Å². The highest BCUT2D eigenvalue weighted by Gasteiger charge is 2.50. The summed E-state index contributed by atoms with van der Waals surface area (Å²) in [5.41, 5.74) is 1.05. The summed E-state index contributed by atoms with van der Waals surface area (Å²) in [5.74, 6) is -2.28. The first-order chi connectivity index (χ1) is 17.1. The van der Waals surface area contributed by atoms with Crippen molar-refractivity contribution in [2.75, 3.05) is 14.2 Å². The molecule has 3 atom stereocenters. The Bertz CT molecular complexity index is 1120. The Morgan fingerprint density at radius 2 is 1.83 bits per heavy atom. The molecule has 194 valence electrons. The van der Waals surface area contributed by atoms with Crippen LogP contribution in [0.25, 0.3) is 0 Å². The average molecular weight is 502 g/mol. The fourth-order valence-corrected chi connectivity index (χ4v) is 4.31. The molecule has 1 aliphatic heterocycles. The molecule has 10 heteroatoms. The van der Waals surface area contributed by atoms with E-state index >= 15 is 0 Å². The standard InChI is InChI=1S/C26H31NO9/c1-15-17(10-11-19(28)33-3)22(24(31)35-14-16-8-6-5-7-9-16)27-21(15)23(30)18-12-26(2,25(32)36-18)13-20(29)34-4/h5-9,18,23,27,30H,10-14H2,1-4H3/t18-,23+,26+/m0/s1. The largest absolute Gasteiger partial charge is 0.469 e. The molecule has 0 saturated carbocycles. The number of ether oxygens (including phenoxy) is 4. The fourth-order valence-electron chi connectivity index (χ4n) is 4.31. The maximum atomic E-state index is 13.0. The predicted molar refractivity (Wildman–Crippen MR) is 126 cm³/mol. The minimum absolute atomic E-state index is 0.0132. The van der Waals surface area contributed by atoms with Crippen molar-refractivity contribution in [2.24, 2.45) is 5.41 Å². The molecule has 0 aliphatic carbocycles. The van der Waals surface area contributed by atoms with Crippen molar-refractivity contribution in [1.29, 1.82) is 0 Å². The lowest BCUT2D eigenvalue weighted by Crippen LogP contribution is -2.26. The smallest absolute Gasteiger partial charge is 0.355 e. The number of carbonyl (C=O) groups excluding carboxylic acids is 4. The number of hydrogen-bond acceptors (Lipinski definition) is 9. The fraction of sp³-hybridized carbons (Fsp3) is 0.462. The molecule has 3 rings (SSSR count). The Balaban J connectivity index is 1.85. The van der Waals surface area contributed by atoms with Crippen LogP contribution < -0.4 is 0 Å². The molecular weight excluding hydrogens is 470 g/mol. The van der Waals surface area contributed by atoms with Crippen LogP contribution in [0.4, 0.5) is 0 Å². The molecule has 0 bridgehead atoms. The average Bonchev–Trinajstić information content (AvgIpc) is 3.36. The van der Waals surface area contributed by atoms with E-state index in [2.05, 4.69) is 9.72 Å². The van der Waals surface area contributed by atoms with Gasteiger partial charge in [0.15, 0.2) is 0 Å². The van der Waals surface area contributed by atoms with Gasteiger partial charge in [0.1, 0.15) is 24.5 Å². The molecule has 0 amide bonds. The number of nitrogens with one attached hydrogen (secondary N) is 1. The second-order valence-corrected chi connectivity index (χ2v) is 9.06. The lowest BCUT2D eigenvalue weighted by molar-refractivity contribution is -0.156. The van der Waals surface area contributed by atoms with Crippen LogP contribution in [0, 0.1) is 12.3 Å². The third kappa shape index (κ3) is 5.93. The normalized spacial score (nSPS) is 19.9. The third-order valence-corrected chi connectivity index (χ3v) is 6.45. The van der Waals surface area contributed by atoms with E-state index in [9.17, 15) is 24.3 Å². The molecule has 1 saturated heterocycles. The molecule has 1 aromatic carbocycles. The number of rotatable bonds is 10. The second-order valence-electron chi connectivity index (χ2n) is 9.06. The van der Waals surface area contributed by atoms with Gasteiger partial charge >= 0.3 is 23.9 Å². The zero-order valence-corrected chi connectivity index (χ0v) is 20.8. The Kier molecular flexibility index (Phi) is 8.52. The predicted octanol–water partition coefficient (Wildman–Crippen LogP) is 2.70. The summed E-state index contributed by atoms with van der Waals surface area (Å²) in [4.78, 5) is 52.0. The Morgan fingerprint density at radius 1 is 1.17 bits per heavy atom. The lowest BCUT2D eigenvalue weighted by Gasteiger charge is -2.19. The number of aromatic nitrogens is 1. The van der Waals surface area contributed by atoms with E-state index in [0.717, 1.165) is 5.56 Å². The third-order valence-electron chi connectivity index (χ3n) is 6.45. The number of aliphatic hydroxyl groups excluding tert-OH is 1. The second kappa shape index (κ2) is 11.4. The van der Waals surface area contributed by atoms with Crippen LogP contribution in [-0.2, 0) is 46.4 Å². The van der Waals surface area contributed by atoms with Crippen molar-refractivity contribution in [3.05, 3.63) is 58.4 Å². The number of hydrogen-bond donors (Lipinski definition) is 2. The molecule has 36 heavy (non-hydrogen) atoms. The van der Waals surface area contributed by atoms with Gasteiger partial charge < -0.3 is 29.0 Å². The summed E-state index contributed by atoms with van der Waals surface area (Å²) in [6.07, 6.45) is -2.18. The van der Waals surface area contributed by atoms with E-state index in [-0.39, 0.29) is 43.7 Å². The molecule has 2 aromatic rings. The van der Waals surface area contributed by atoms with Crippen LogP contribution >= 0.6 is 0 Å². The number of aromatic amines is 1. The summed E-state index contributed by atoms with van der Waals surface area (Å²) < 4.78 is 20.3. The number of aliphatic hydroxyl groups is 1. The highest BCUT2D eigenvalue weighted by Crippen LogP contribution is 2.42. The minimum Gasteiger partial charge on any atom is -0.469 e. The summed E-state index contributed by atoms with van der Waals surface area (Å²) in [6, 6.07) is 9.15. The maximum Gasteiger partial charge on any atom is 0.355 e. The van der Waals surface area contributed by atoms with Crippen molar-refractivity contribution in [2.45, 2.75) is 58.3 Å². The van der Waals surface area contributed by atoms with Gasteiger partial charge in [0.05, 0.1) is 31.7 Å². The van der Waals surface area contributed by atoms with Gasteiger partial charge in [-0.05, 0) is 37.0 Å². The molecular formula is C26H31NO9. The van der Waals surface area contributed by atoms with Crippen molar-refractivity contribution in [1.82, 2.24) is 4.98 Å². The quantitative estimate of drug-likeness (QED) is 0.371. The number of esters is 4. The number of benzene rings is 1. The number of methoxy groups -OCH3 is 2. The SMILES string of the molecule is COC(=O)CCc1c(C(=O)OCc2ccccc2)[nH]c([C@H](O)[C@@H]2C[C@](C)(CC(=O)OC)C(=O)O2)c1C. The van der Waals surface area contributed by atoms with Gasteiger partial charge in [-0.1, -0.05) is 30.3 Å². The molecule has 1 aliphatic rings. The van der Waals surface area contributed by atoms with E-state index in [1.54, 1.807) is 13.8 Å². The zero-order chi connectivity index (χ0) is 26.5. The first-order valence-corrected chi connectivity index (χ1v) is 11.5. The van der Waals surface area contributed by atoms with Crippen LogP contribution in [-0.4, -0.2) is 54.3 Å². The van der Waals surface area contributed by atoms with Gasteiger partial charge in [-0.3, -0.25) is 14.4 Å². The topological polar surface area (TPSA) is 141 Å². The molecule has 2 heterocycles.